The summed E-state index contributed by atoms with van der Waals surface area (Å²) in [5.74, 6) is 1.09. The number of ether oxygens (including phenoxy) is 1. The lowest BCUT2D eigenvalue weighted by atomic mass is 10.0. The van der Waals surface area contributed by atoms with Crippen molar-refractivity contribution >= 4 is 73.7 Å². The predicted octanol–water partition coefficient (Wildman–Crippen LogP) is 5.24. The molecule has 27 heavy (non-hydrogen) atoms. The molecule has 0 fully saturated rings. The maximum atomic E-state index is 11.6. The Kier molecular flexibility index (Phi) is 8.87. The van der Waals surface area contributed by atoms with Crippen molar-refractivity contribution in [3.8, 4) is 17.2 Å². The molecule has 0 radical (unpaired) electrons. The van der Waals surface area contributed by atoms with E-state index in [0.717, 1.165) is 22.0 Å². The molecule has 0 aliphatic carbocycles. The summed E-state index contributed by atoms with van der Waals surface area (Å²) < 4.78 is 8.84. The van der Waals surface area contributed by atoms with Gasteiger partial charge >= 0.3 is 5.97 Å². The Balaban J connectivity index is 2.26. The lowest BCUT2D eigenvalue weighted by Gasteiger charge is -2.19. The van der Waals surface area contributed by atoms with Gasteiger partial charge in [0.2, 0.25) is 0 Å². The van der Waals surface area contributed by atoms with Gasteiger partial charge in [0.1, 0.15) is 17.5 Å². The molecule has 8 heteroatoms. The zero-order valence-electron chi connectivity index (χ0n) is 14.8. The van der Waals surface area contributed by atoms with Gasteiger partial charge in [0, 0.05) is 3.57 Å². The van der Waals surface area contributed by atoms with E-state index in [4.69, 9.17) is 4.74 Å². The number of rotatable bonds is 8. The molecule has 0 saturated heterocycles. The van der Waals surface area contributed by atoms with E-state index in [-0.39, 0.29) is 5.75 Å². The maximum absolute atomic E-state index is 11.6. The van der Waals surface area contributed by atoms with Crippen LogP contribution >= 0.6 is 67.8 Å². The molecule has 2 aromatic carbocycles. The van der Waals surface area contributed by atoms with Gasteiger partial charge in [-0.15, -0.1) is 0 Å². The topological polar surface area (TPSA) is 78.8 Å². The Morgan fingerprint density at radius 1 is 1.15 bits per heavy atom. The van der Waals surface area contributed by atoms with E-state index in [1.54, 1.807) is 24.3 Å². The smallest absolute Gasteiger partial charge is 0.321 e. The lowest BCUT2D eigenvalue weighted by molar-refractivity contribution is -0.139. The summed E-state index contributed by atoms with van der Waals surface area (Å²) in [5, 5.41) is 22.1. The molecule has 0 aliphatic heterocycles. The second-order valence-electron chi connectivity index (χ2n) is 6.47. The van der Waals surface area contributed by atoms with E-state index in [2.05, 4.69) is 86.9 Å². The van der Waals surface area contributed by atoms with Crippen LogP contribution in [0.4, 0.5) is 0 Å². The van der Waals surface area contributed by atoms with Gasteiger partial charge in [-0.2, -0.15) is 0 Å². The summed E-state index contributed by atoms with van der Waals surface area (Å²) in [6.07, 6.45) is 0.409. The molecule has 1 atom stereocenters. The van der Waals surface area contributed by atoms with Crippen LogP contribution in [0.5, 0.6) is 17.2 Å². The summed E-state index contributed by atoms with van der Waals surface area (Å²) in [6.45, 7) is 4.76. The Hall–Kier alpha value is -0.340. The summed E-state index contributed by atoms with van der Waals surface area (Å²) in [4.78, 5) is 11.6. The first-order valence-electron chi connectivity index (χ1n) is 8.28. The number of carbonyl (C=O) groups is 1. The highest BCUT2D eigenvalue weighted by Crippen LogP contribution is 2.37. The van der Waals surface area contributed by atoms with Crippen LogP contribution < -0.4 is 10.1 Å². The van der Waals surface area contributed by atoms with E-state index in [1.165, 1.54) is 0 Å². The van der Waals surface area contributed by atoms with Crippen molar-refractivity contribution in [3.05, 3.63) is 46.6 Å². The highest BCUT2D eigenvalue weighted by Gasteiger charge is 2.22. The van der Waals surface area contributed by atoms with Crippen molar-refractivity contribution in [2.24, 2.45) is 5.92 Å². The molecule has 0 amide bonds. The zero-order valence-corrected chi connectivity index (χ0v) is 21.3. The monoisotopic (exact) mass is 707 g/mol. The minimum atomic E-state index is -0.846. The molecule has 0 saturated carbocycles. The Bertz CT molecular complexity index is 810. The molecule has 2 rings (SSSR count). The first kappa shape index (κ1) is 22.9. The van der Waals surface area contributed by atoms with Gasteiger partial charge in [-0.25, -0.2) is 0 Å². The molecule has 0 aliphatic rings. The fraction of sp³-hybridized carbons (Fsp3) is 0.316. The van der Waals surface area contributed by atoms with Crippen molar-refractivity contribution in [2.45, 2.75) is 26.3 Å². The highest BCUT2D eigenvalue weighted by molar-refractivity contribution is 14.1. The Morgan fingerprint density at radius 2 is 1.78 bits per heavy atom. The van der Waals surface area contributed by atoms with Crippen LogP contribution in [-0.4, -0.2) is 28.8 Å². The van der Waals surface area contributed by atoms with Crippen LogP contribution in [0, 0.1) is 16.6 Å². The molecule has 2 aromatic rings. The summed E-state index contributed by atoms with van der Waals surface area (Å²) in [7, 11) is 0. The zero-order chi connectivity index (χ0) is 20.1. The number of carboxylic acids is 1. The van der Waals surface area contributed by atoms with Gasteiger partial charge in [-0.3, -0.25) is 4.79 Å². The van der Waals surface area contributed by atoms with Crippen LogP contribution in [0.15, 0.2) is 30.3 Å². The quantitative estimate of drug-likeness (QED) is 0.259. The third-order valence-corrected chi connectivity index (χ3v) is 7.84. The number of phenols is 1. The van der Waals surface area contributed by atoms with E-state index >= 15 is 0 Å². The molecule has 0 spiro atoms. The Labute approximate surface area is 199 Å². The second-order valence-corrected chi connectivity index (χ2v) is 9.79. The minimum absolute atomic E-state index is 0.185. The molecule has 1 unspecified atom stereocenters. The number of aliphatic carboxylic acids is 1. The van der Waals surface area contributed by atoms with Gasteiger partial charge in [0.15, 0.2) is 5.75 Å². The number of hydrogen-bond donors (Lipinski definition) is 3. The maximum Gasteiger partial charge on any atom is 0.321 e. The van der Waals surface area contributed by atoms with Crippen LogP contribution in [0.2, 0.25) is 0 Å². The molecular weight excluding hydrogens is 687 g/mol. The van der Waals surface area contributed by atoms with E-state index in [0.29, 0.717) is 24.6 Å². The van der Waals surface area contributed by atoms with Gasteiger partial charge in [-0.1, -0.05) is 13.8 Å². The average Bonchev–Trinajstić information content (AvgIpc) is 2.60. The van der Waals surface area contributed by atoms with E-state index < -0.39 is 12.0 Å². The lowest BCUT2D eigenvalue weighted by Crippen LogP contribution is -2.40. The molecule has 5 nitrogen and oxygen atoms in total. The number of phenolic OH excluding ortho intramolecular Hbond substituents is 1. The van der Waals surface area contributed by atoms with E-state index in [1.807, 2.05) is 6.07 Å². The summed E-state index contributed by atoms with van der Waals surface area (Å²) >= 11 is 6.68. The molecule has 146 valence electrons. The third-order valence-electron chi connectivity index (χ3n) is 3.74. The van der Waals surface area contributed by atoms with Crippen molar-refractivity contribution in [3.63, 3.8) is 0 Å². The number of halogens is 3. The highest BCUT2D eigenvalue weighted by atomic mass is 127. The standard InChI is InChI=1S/C19H20I3NO4/c1-10(2)9-23-15(19(25)26)8-11-7-14(20)18(17(22)16(11)21)27-13-5-3-12(24)4-6-13/h3-7,10,15,23-24H,8-9H2,1-2H3,(H,25,26). The second kappa shape index (κ2) is 10.4. The van der Waals surface area contributed by atoms with Crippen LogP contribution in [0.3, 0.4) is 0 Å². The van der Waals surface area contributed by atoms with Crippen molar-refractivity contribution in [2.75, 3.05) is 6.54 Å². The third kappa shape index (κ3) is 6.60. The average molecular weight is 707 g/mol. The molecule has 0 aromatic heterocycles. The molecular formula is C19H20I3NO4. The van der Waals surface area contributed by atoms with Gasteiger partial charge in [-0.05, 0) is 123 Å². The van der Waals surface area contributed by atoms with Gasteiger partial charge in [0.05, 0.1) is 7.14 Å². The number of carboxylic acid groups (broad SMARTS) is 1. The predicted molar refractivity (Wildman–Crippen MR) is 131 cm³/mol. The van der Waals surface area contributed by atoms with Crippen LogP contribution in [-0.2, 0) is 11.2 Å². The summed E-state index contributed by atoms with van der Waals surface area (Å²) in [6, 6.07) is 7.92. The largest absolute Gasteiger partial charge is 0.508 e. The Morgan fingerprint density at radius 3 is 2.33 bits per heavy atom. The molecule has 0 heterocycles. The molecule has 3 N–H and O–H groups in total. The first-order chi connectivity index (χ1) is 12.7. The first-order valence-corrected chi connectivity index (χ1v) is 11.5. The SMILES string of the molecule is CC(C)CNC(Cc1cc(I)c(Oc2ccc(O)cc2)c(I)c1I)C(=O)O. The summed E-state index contributed by atoms with van der Waals surface area (Å²) in [5.41, 5.74) is 0.978. The van der Waals surface area contributed by atoms with Gasteiger partial charge < -0.3 is 20.3 Å². The normalized spacial score (nSPS) is 12.2. The molecule has 0 bridgehead atoms. The number of nitrogens with one attached hydrogen (secondary N) is 1. The fourth-order valence-electron chi connectivity index (χ4n) is 2.35. The number of benzene rings is 2. The minimum Gasteiger partial charge on any atom is -0.508 e. The van der Waals surface area contributed by atoms with Crippen LogP contribution in [0.1, 0.15) is 19.4 Å². The van der Waals surface area contributed by atoms with Crippen LogP contribution in [0.25, 0.3) is 0 Å². The van der Waals surface area contributed by atoms with Gasteiger partial charge in [0.25, 0.3) is 0 Å². The number of hydrogen-bond acceptors (Lipinski definition) is 4. The fourth-order valence-corrected chi connectivity index (χ4v) is 4.99. The van der Waals surface area contributed by atoms with E-state index in [9.17, 15) is 15.0 Å². The van der Waals surface area contributed by atoms with Crippen molar-refractivity contribution < 1.29 is 19.7 Å². The van der Waals surface area contributed by atoms with Crippen molar-refractivity contribution in [1.82, 2.24) is 5.32 Å². The number of aromatic hydroxyl groups is 1. The van der Waals surface area contributed by atoms with Crippen molar-refractivity contribution in [1.29, 1.82) is 0 Å².